The van der Waals surface area contributed by atoms with Gasteiger partial charge in [-0.2, -0.15) is 11.3 Å². The Kier molecular flexibility index (Phi) is 5.73. The molecule has 1 aliphatic heterocycles. The van der Waals surface area contributed by atoms with E-state index in [9.17, 15) is 9.18 Å². The normalized spacial score (nSPS) is 16.1. The lowest BCUT2D eigenvalue weighted by molar-refractivity contribution is 0.0923. The van der Waals surface area contributed by atoms with Gasteiger partial charge in [0.1, 0.15) is 11.6 Å². The third-order valence-electron chi connectivity index (χ3n) is 5.06. The number of halogens is 1. The molecule has 7 heteroatoms. The maximum Gasteiger partial charge on any atom is 0.252 e. The molecule has 5 nitrogen and oxygen atoms in total. The first kappa shape index (κ1) is 18.7. The van der Waals surface area contributed by atoms with Gasteiger partial charge < -0.3 is 14.6 Å². The van der Waals surface area contributed by atoms with Crippen LogP contribution < -0.4 is 10.2 Å². The molecule has 4 rings (SSSR count). The highest BCUT2D eigenvalue weighted by molar-refractivity contribution is 7.08. The quantitative estimate of drug-likeness (QED) is 0.686. The number of amides is 1. The van der Waals surface area contributed by atoms with Gasteiger partial charge in [-0.3, -0.25) is 9.69 Å². The Hall–Kier alpha value is -2.64. The monoisotopic (exact) mass is 399 g/mol. The van der Waals surface area contributed by atoms with Crippen LogP contribution in [0, 0.1) is 5.82 Å². The summed E-state index contributed by atoms with van der Waals surface area (Å²) in [5.41, 5.74) is 1.71. The van der Waals surface area contributed by atoms with Crippen LogP contribution in [0.4, 0.5) is 10.1 Å². The van der Waals surface area contributed by atoms with E-state index in [0.29, 0.717) is 12.1 Å². The summed E-state index contributed by atoms with van der Waals surface area (Å²) in [4.78, 5) is 16.9. The smallest absolute Gasteiger partial charge is 0.252 e. The summed E-state index contributed by atoms with van der Waals surface area (Å²) in [5, 5.41) is 6.77. The largest absolute Gasteiger partial charge is 0.468 e. The third kappa shape index (κ3) is 4.26. The van der Waals surface area contributed by atoms with Crippen LogP contribution >= 0.6 is 11.3 Å². The summed E-state index contributed by atoms with van der Waals surface area (Å²) in [6.45, 7) is 3.81. The Morgan fingerprint density at radius 2 is 1.93 bits per heavy atom. The Morgan fingerprint density at radius 1 is 1.14 bits per heavy atom. The van der Waals surface area contributed by atoms with Crippen LogP contribution in [-0.4, -0.2) is 43.5 Å². The van der Waals surface area contributed by atoms with E-state index in [1.807, 2.05) is 41.1 Å². The second-order valence-electron chi connectivity index (χ2n) is 6.75. The Morgan fingerprint density at radius 3 is 2.57 bits per heavy atom. The molecule has 0 saturated carbocycles. The number of piperazine rings is 1. The number of hydrogen-bond acceptors (Lipinski definition) is 5. The van der Waals surface area contributed by atoms with Crippen molar-refractivity contribution in [2.75, 3.05) is 37.6 Å². The SMILES string of the molecule is O=C(NCC(c1ccco1)N1CCN(c2ccc(F)cc2)CC1)c1ccsc1. The molecule has 28 heavy (non-hydrogen) atoms. The molecule has 0 radical (unpaired) electrons. The molecule has 1 aromatic carbocycles. The first-order chi connectivity index (χ1) is 13.7. The minimum absolute atomic E-state index is 0.0204. The molecule has 1 unspecified atom stereocenters. The molecule has 1 atom stereocenters. The summed E-state index contributed by atoms with van der Waals surface area (Å²) in [6, 6.07) is 12.2. The molecule has 0 spiro atoms. The van der Waals surface area contributed by atoms with Crippen molar-refractivity contribution in [1.82, 2.24) is 10.2 Å². The Labute approximate surface area is 167 Å². The van der Waals surface area contributed by atoms with E-state index in [-0.39, 0.29) is 17.8 Å². The topological polar surface area (TPSA) is 48.7 Å². The maximum absolute atomic E-state index is 13.2. The summed E-state index contributed by atoms with van der Waals surface area (Å²) in [5.74, 6) is 0.560. The van der Waals surface area contributed by atoms with E-state index in [4.69, 9.17) is 4.42 Å². The Balaban J connectivity index is 1.40. The predicted octanol–water partition coefficient (Wildman–Crippen LogP) is 3.77. The number of hydrogen-bond donors (Lipinski definition) is 1. The molecule has 1 saturated heterocycles. The molecule has 0 aliphatic carbocycles. The molecule has 1 aliphatic rings. The number of carbonyl (C=O) groups excluding carboxylic acids is 1. The van der Waals surface area contributed by atoms with Crippen molar-refractivity contribution in [1.29, 1.82) is 0 Å². The van der Waals surface area contributed by atoms with E-state index in [0.717, 1.165) is 37.6 Å². The molecular formula is C21H22FN3O2S. The van der Waals surface area contributed by atoms with Crippen LogP contribution in [0.25, 0.3) is 0 Å². The van der Waals surface area contributed by atoms with Crippen molar-refractivity contribution in [3.8, 4) is 0 Å². The fraction of sp³-hybridized carbons (Fsp3) is 0.286. The zero-order chi connectivity index (χ0) is 19.3. The van der Waals surface area contributed by atoms with Gasteiger partial charge in [0, 0.05) is 49.4 Å². The summed E-state index contributed by atoms with van der Waals surface area (Å²) >= 11 is 1.51. The minimum atomic E-state index is -0.221. The highest BCUT2D eigenvalue weighted by Crippen LogP contribution is 2.24. The number of carbonyl (C=O) groups is 1. The second kappa shape index (κ2) is 8.58. The second-order valence-corrected chi connectivity index (χ2v) is 7.53. The van der Waals surface area contributed by atoms with Crippen LogP contribution in [0.2, 0.25) is 0 Å². The number of nitrogens with zero attached hydrogens (tertiary/aromatic N) is 2. The fourth-order valence-corrected chi connectivity index (χ4v) is 4.16. The van der Waals surface area contributed by atoms with Crippen LogP contribution in [0.5, 0.6) is 0 Å². The van der Waals surface area contributed by atoms with Gasteiger partial charge in [0.05, 0.1) is 12.3 Å². The van der Waals surface area contributed by atoms with Gasteiger partial charge >= 0.3 is 0 Å². The van der Waals surface area contributed by atoms with Crippen LogP contribution in [0.15, 0.2) is 63.9 Å². The molecule has 3 aromatic rings. The highest BCUT2D eigenvalue weighted by Gasteiger charge is 2.27. The average Bonchev–Trinajstić information content (AvgIpc) is 3.44. The minimum Gasteiger partial charge on any atom is -0.468 e. The summed E-state index contributed by atoms with van der Waals surface area (Å²) < 4.78 is 18.8. The molecular weight excluding hydrogens is 377 g/mol. The van der Waals surface area contributed by atoms with Gasteiger partial charge in [-0.05, 0) is 47.8 Å². The maximum atomic E-state index is 13.2. The first-order valence-corrected chi connectivity index (χ1v) is 10.2. The van der Waals surface area contributed by atoms with Crippen molar-refractivity contribution in [2.24, 2.45) is 0 Å². The zero-order valence-electron chi connectivity index (χ0n) is 15.4. The van der Waals surface area contributed by atoms with E-state index < -0.39 is 0 Å². The lowest BCUT2D eigenvalue weighted by Gasteiger charge is -2.39. The van der Waals surface area contributed by atoms with Crippen molar-refractivity contribution >= 4 is 22.9 Å². The van der Waals surface area contributed by atoms with Crippen molar-refractivity contribution in [2.45, 2.75) is 6.04 Å². The average molecular weight is 399 g/mol. The molecule has 3 heterocycles. The number of anilines is 1. The fourth-order valence-electron chi connectivity index (χ4n) is 3.52. The third-order valence-corrected chi connectivity index (χ3v) is 5.74. The number of furan rings is 1. The van der Waals surface area contributed by atoms with Crippen molar-refractivity contribution in [3.05, 3.63) is 76.6 Å². The van der Waals surface area contributed by atoms with Gasteiger partial charge in [0.15, 0.2) is 0 Å². The van der Waals surface area contributed by atoms with E-state index in [2.05, 4.69) is 15.1 Å². The molecule has 1 N–H and O–H groups in total. The number of benzene rings is 1. The standard InChI is InChI=1S/C21H22FN3O2S/c22-17-3-5-18(6-4-17)24-8-10-25(11-9-24)19(20-2-1-12-27-20)14-23-21(26)16-7-13-28-15-16/h1-7,12-13,15,19H,8-11,14H2,(H,23,26). The summed E-state index contributed by atoms with van der Waals surface area (Å²) in [7, 11) is 0. The van der Waals surface area contributed by atoms with Gasteiger partial charge in [-0.15, -0.1) is 0 Å². The van der Waals surface area contributed by atoms with E-state index in [1.165, 1.54) is 23.5 Å². The van der Waals surface area contributed by atoms with Crippen LogP contribution in [0.3, 0.4) is 0 Å². The molecule has 1 amide bonds. The zero-order valence-corrected chi connectivity index (χ0v) is 16.2. The highest BCUT2D eigenvalue weighted by atomic mass is 32.1. The lowest BCUT2D eigenvalue weighted by atomic mass is 10.1. The predicted molar refractivity (Wildman–Crippen MR) is 108 cm³/mol. The van der Waals surface area contributed by atoms with E-state index >= 15 is 0 Å². The van der Waals surface area contributed by atoms with Crippen molar-refractivity contribution in [3.63, 3.8) is 0 Å². The van der Waals surface area contributed by atoms with Crippen LogP contribution in [0.1, 0.15) is 22.2 Å². The van der Waals surface area contributed by atoms with Gasteiger partial charge in [0.25, 0.3) is 5.91 Å². The lowest BCUT2D eigenvalue weighted by Crippen LogP contribution is -2.49. The first-order valence-electron chi connectivity index (χ1n) is 9.29. The molecule has 0 bridgehead atoms. The van der Waals surface area contributed by atoms with Crippen LogP contribution in [-0.2, 0) is 0 Å². The van der Waals surface area contributed by atoms with Crippen molar-refractivity contribution < 1.29 is 13.6 Å². The Bertz CT molecular complexity index is 873. The molecule has 1 fully saturated rings. The van der Waals surface area contributed by atoms with E-state index in [1.54, 1.807) is 6.26 Å². The number of thiophene rings is 1. The molecule has 2 aromatic heterocycles. The molecule has 146 valence electrons. The van der Waals surface area contributed by atoms with Gasteiger partial charge in [-0.1, -0.05) is 0 Å². The van der Waals surface area contributed by atoms with Gasteiger partial charge in [-0.25, -0.2) is 4.39 Å². The van der Waals surface area contributed by atoms with Gasteiger partial charge in [0.2, 0.25) is 0 Å². The number of nitrogens with one attached hydrogen (secondary N) is 1. The summed E-state index contributed by atoms with van der Waals surface area (Å²) in [6.07, 6.45) is 1.66. The number of rotatable bonds is 6.